The van der Waals surface area contributed by atoms with Gasteiger partial charge in [0.1, 0.15) is 5.75 Å². The molecule has 1 aromatic rings. The van der Waals surface area contributed by atoms with Crippen molar-refractivity contribution >= 4 is 17.4 Å². The summed E-state index contributed by atoms with van der Waals surface area (Å²) in [6.45, 7) is 2.92. The van der Waals surface area contributed by atoms with E-state index in [1.165, 1.54) is 30.0 Å². The summed E-state index contributed by atoms with van der Waals surface area (Å²) in [5, 5.41) is 3.60. The molecule has 0 spiro atoms. The fourth-order valence-electron chi connectivity index (χ4n) is 1.94. The van der Waals surface area contributed by atoms with Crippen molar-refractivity contribution in [1.82, 2.24) is 0 Å². The summed E-state index contributed by atoms with van der Waals surface area (Å²) in [6, 6.07) is 8.99. The molecule has 1 fully saturated rings. The fraction of sp³-hybridized carbons (Fsp3) is 0.571. The first-order valence-electron chi connectivity index (χ1n) is 6.45. The molecule has 3 heteroatoms. The third-order valence-electron chi connectivity index (χ3n) is 2.92. The number of benzene rings is 1. The molecule has 1 N–H and O–H groups in total. The minimum absolute atomic E-state index is 0.652. The summed E-state index contributed by atoms with van der Waals surface area (Å²) in [7, 11) is 0. The van der Waals surface area contributed by atoms with Crippen molar-refractivity contribution < 1.29 is 4.74 Å². The molecule has 1 aromatic carbocycles. The molecule has 0 bridgehead atoms. The third kappa shape index (κ3) is 4.15. The first-order chi connectivity index (χ1) is 8.38. The number of nitrogens with one attached hydrogen (secondary N) is 1. The predicted molar refractivity (Wildman–Crippen MR) is 76.2 cm³/mol. The monoisotopic (exact) mass is 251 g/mol. The first kappa shape index (κ1) is 12.6. The molecule has 0 aliphatic carbocycles. The fourth-order valence-corrected chi connectivity index (χ4v) is 3.05. The molecule has 0 radical (unpaired) electrons. The topological polar surface area (TPSA) is 21.3 Å². The van der Waals surface area contributed by atoms with Crippen LogP contribution in [0.4, 0.5) is 5.69 Å². The van der Waals surface area contributed by atoms with Gasteiger partial charge in [-0.2, -0.15) is 11.8 Å². The first-order valence-corrected chi connectivity index (χ1v) is 7.61. The molecule has 17 heavy (non-hydrogen) atoms. The van der Waals surface area contributed by atoms with E-state index in [4.69, 9.17) is 4.74 Å². The van der Waals surface area contributed by atoms with Crippen LogP contribution in [0.15, 0.2) is 24.3 Å². The zero-order valence-electron chi connectivity index (χ0n) is 10.4. The molecule has 2 rings (SSSR count). The summed E-state index contributed by atoms with van der Waals surface area (Å²) < 4.78 is 5.57. The zero-order valence-corrected chi connectivity index (χ0v) is 11.3. The molecule has 1 saturated heterocycles. The molecule has 1 heterocycles. The van der Waals surface area contributed by atoms with E-state index in [2.05, 4.69) is 48.3 Å². The zero-order chi connectivity index (χ0) is 11.9. The number of anilines is 1. The summed E-state index contributed by atoms with van der Waals surface area (Å²) in [6.07, 6.45) is 3.61. The number of ether oxygens (including phenoxy) is 1. The van der Waals surface area contributed by atoms with Gasteiger partial charge in [-0.15, -0.1) is 0 Å². The van der Waals surface area contributed by atoms with E-state index in [9.17, 15) is 0 Å². The summed E-state index contributed by atoms with van der Waals surface area (Å²) >= 11 is 2.06. The molecular formula is C14H21NOS. The largest absolute Gasteiger partial charge is 0.494 e. The van der Waals surface area contributed by atoms with E-state index < -0.39 is 0 Å². The standard InChI is InChI=1S/C14H21NOS/c1-2-9-16-14-5-3-12(4-6-14)15-13-7-10-17-11-8-13/h3-6,13,15H,2,7-11H2,1H3. The summed E-state index contributed by atoms with van der Waals surface area (Å²) in [5.74, 6) is 3.54. The van der Waals surface area contributed by atoms with Crippen LogP contribution in [0.2, 0.25) is 0 Å². The molecule has 0 atom stereocenters. The van der Waals surface area contributed by atoms with Gasteiger partial charge >= 0.3 is 0 Å². The van der Waals surface area contributed by atoms with Gasteiger partial charge in [0.15, 0.2) is 0 Å². The lowest BCUT2D eigenvalue weighted by Crippen LogP contribution is -2.24. The molecule has 0 unspecified atom stereocenters. The average Bonchev–Trinajstić information content (AvgIpc) is 2.39. The molecule has 2 nitrogen and oxygen atoms in total. The highest BCUT2D eigenvalue weighted by molar-refractivity contribution is 7.99. The van der Waals surface area contributed by atoms with Gasteiger partial charge in [-0.3, -0.25) is 0 Å². The Bertz CT molecular complexity index is 319. The molecular weight excluding hydrogens is 230 g/mol. The molecule has 0 aromatic heterocycles. The van der Waals surface area contributed by atoms with Crippen LogP contribution in [0.25, 0.3) is 0 Å². The molecule has 0 amide bonds. The highest BCUT2D eigenvalue weighted by Gasteiger charge is 2.12. The van der Waals surface area contributed by atoms with E-state index in [1.807, 2.05) is 0 Å². The second-order valence-electron chi connectivity index (χ2n) is 4.40. The Morgan fingerprint density at radius 1 is 1.24 bits per heavy atom. The van der Waals surface area contributed by atoms with E-state index in [1.54, 1.807) is 0 Å². The van der Waals surface area contributed by atoms with Crippen molar-refractivity contribution in [2.24, 2.45) is 0 Å². The van der Waals surface area contributed by atoms with Crippen molar-refractivity contribution in [3.63, 3.8) is 0 Å². The Balaban J connectivity index is 1.84. The summed E-state index contributed by atoms with van der Waals surface area (Å²) in [4.78, 5) is 0. The van der Waals surface area contributed by atoms with Gasteiger partial charge in [0.2, 0.25) is 0 Å². The van der Waals surface area contributed by atoms with E-state index in [0.717, 1.165) is 18.8 Å². The third-order valence-corrected chi connectivity index (χ3v) is 3.97. The Kier molecular flexibility index (Phi) is 5.05. The van der Waals surface area contributed by atoms with Gasteiger partial charge in [0.05, 0.1) is 6.61 Å². The maximum atomic E-state index is 5.57. The number of thioether (sulfide) groups is 1. The maximum absolute atomic E-state index is 5.57. The summed E-state index contributed by atoms with van der Waals surface area (Å²) in [5.41, 5.74) is 1.21. The Morgan fingerprint density at radius 3 is 2.59 bits per heavy atom. The van der Waals surface area contributed by atoms with Gasteiger partial charge in [0, 0.05) is 11.7 Å². The second kappa shape index (κ2) is 6.80. The van der Waals surface area contributed by atoms with Crippen LogP contribution in [0.1, 0.15) is 26.2 Å². The van der Waals surface area contributed by atoms with Crippen molar-refractivity contribution in [1.29, 1.82) is 0 Å². The van der Waals surface area contributed by atoms with Gasteiger partial charge in [-0.1, -0.05) is 6.92 Å². The minimum Gasteiger partial charge on any atom is -0.494 e. The normalized spacial score (nSPS) is 16.8. The van der Waals surface area contributed by atoms with Gasteiger partial charge in [0.25, 0.3) is 0 Å². The van der Waals surface area contributed by atoms with Crippen LogP contribution in [-0.4, -0.2) is 24.2 Å². The van der Waals surface area contributed by atoms with Crippen LogP contribution in [0, 0.1) is 0 Å². The molecule has 1 aliphatic heterocycles. The van der Waals surface area contributed by atoms with Gasteiger partial charge in [-0.25, -0.2) is 0 Å². The van der Waals surface area contributed by atoms with Gasteiger partial charge < -0.3 is 10.1 Å². The van der Waals surface area contributed by atoms with Crippen LogP contribution in [-0.2, 0) is 0 Å². The quantitative estimate of drug-likeness (QED) is 0.860. The van der Waals surface area contributed by atoms with Crippen molar-refractivity contribution in [3.05, 3.63) is 24.3 Å². The predicted octanol–water partition coefficient (Wildman–Crippen LogP) is 3.78. The van der Waals surface area contributed by atoms with Crippen molar-refractivity contribution in [2.45, 2.75) is 32.2 Å². The molecule has 94 valence electrons. The van der Waals surface area contributed by atoms with Crippen LogP contribution in [0.5, 0.6) is 5.75 Å². The SMILES string of the molecule is CCCOc1ccc(NC2CCSCC2)cc1. The van der Waals surface area contributed by atoms with Crippen LogP contribution < -0.4 is 10.1 Å². The van der Waals surface area contributed by atoms with Crippen molar-refractivity contribution in [3.8, 4) is 5.75 Å². The maximum Gasteiger partial charge on any atom is 0.119 e. The van der Waals surface area contributed by atoms with E-state index in [0.29, 0.717) is 6.04 Å². The highest BCUT2D eigenvalue weighted by Crippen LogP contribution is 2.22. The number of rotatable bonds is 5. The van der Waals surface area contributed by atoms with E-state index >= 15 is 0 Å². The Morgan fingerprint density at radius 2 is 1.94 bits per heavy atom. The lowest BCUT2D eigenvalue weighted by molar-refractivity contribution is 0.317. The Labute approximate surface area is 108 Å². The minimum atomic E-state index is 0.652. The second-order valence-corrected chi connectivity index (χ2v) is 5.63. The number of hydrogen-bond donors (Lipinski definition) is 1. The molecule has 1 aliphatic rings. The molecule has 0 saturated carbocycles. The highest BCUT2D eigenvalue weighted by atomic mass is 32.2. The lowest BCUT2D eigenvalue weighted by Gasteiger charge is -2.23. The van der Waals surface area contributed by atoms with Crippen LogP contribution in [0.3, 0.4) is 0 Å². The van der Waals surface area contributed by atoms with Crippen LogP contribution >= 0.6 is 11.8 Å². The number of hydrogen-bond acceptors (Lipinski definition) is 3. The smallest absolute Gasteiger partial charge is 0.119 e. The average molecular weight is 251 g/mol. The van der Waals surface area contributed by atoms with Crippen molar-refractivity contribution in [2.75, 3.05) is 23.4 Å². The lowest BCUT2D eigenvalue weighted by atomic mass is 10.1. The Hall–Kier alpha value is -0.830. The van der Waals surface area contributed by atoms with Gasteiger partial charge in [-0.05, 0) is 55.0 Å². The van der Waals surface area contributed by atoms with E-state index in [-0.39, 0.29) is 0 Å².